The lowest BCUT2D eigenvalue weighted by Crippen LogP contribution is -2.53. The molecule has 0 aliphatic carbocycles. The number of aliphatic hydroxyl groups excluding tert-OH is 2. The van der Waals surface area contributed by atoms with Gasteiger partial charge in [-0.05, 0) is 44.0 Å². The average molecular weight is 663 g/mol. The first kappa shape index (κ1) is 33.1. The molecule has 2 heterocycles. The summed E-state index contributed by atoms with van der Waals surface area (Å²) in [5, 5.41) is 25.5. The Morgan fingerprint density at radius 2 is 1.93 bits per heavy atom. The van der Waals surface area contributed by atoms with Crippen LogP contribution in [0.1, 0.15) is 27.0 Å². The monoisotopic (exact) mass is 662 g/mol. The summed E-state index contributed by atoms with van der Waals surface area (Å²) in [4.78, 5) is 28.5. The van der Waals surface area contributed by atoms with Crippen LogP contribution < -0.4 is 21.0 Å². The third-order valence-corrected chi connectivity index (χ3v) is 9.28. The summed E-state index contributed by atoms with van der Waals surface area (Å²) in [6.45, 7) is -0.356. The van der Waals surface area contributed by atoms with Crippen molar-refractivity contribution in [1.29, 1.82) is 0 Å². The van der Waals surface area contributed by atoms with E-state index in [1.54, 1.807) is 38.1 Å². The van der Waals surface area contributed by atoms with Crippen LogP contribution in [0, 0.1) is 0 Å². The van der Waals surface area contributed by atoms with E-state index >= 15 is 0 Å². The van der Waals surface area contributed by atoms with E-state index < -0.39 is 67.5 Å². The highest BCUT2D eigenvalue weighted by molar-refractivity contribution is 8.09. The van der Waals surface area contributed by atoms with Crippen molar-refractivity contribution in [2.24, 2.45) is 0 Å². The number of carbonyl (C=O) groups is 1. The minimum Gasteiger partial charge on any atom is -0.462 e. The maximum Gasteiger partial charge on any atom is 0.351 e. The Balaban J connectivity index is 1.69. The highest BCUT2D eigenvalue weighted by Gasteiger charge is 2.61. The lowest BCUT2D eigenvalue weighted by Gasteiger charge is -2.34. The molecule has 12 nitrogen and oxygen atoms in total. The number of fused-ring (bicyclic) bond motifs is 1. The number of nitrogen functional groups attached to an aromatic ring is 1. The van der Waals surface area contributed by atoms with Gasteiger partial charge in [0.1, 0.15) is 29.8 Å². The number of carbonyl (C=O) groups excluding carboxylic acids is 1. The number of nitrogens with one attached hydrogen (secondary N) is 1. The fraction of sp³-hybridized carbons (Fsp3) is 0.423. The number of nitrogens with zero attached hydrogens (tertiary/aromatic N) is 2. The second-order valence-corrected chi connectivity index (χ2v) is 13.6. The topological polar surface area (TPSA) is 167 Å². The summed E-state index contributed by atoms with van der Waals surface area (Å²) in [7, 11) is 0. The molecule has 0 amide bonds. The van der Waals surface area contributed by atoms with Crippen molar-refractivity contribution in [3.63, 3.8) is 0 Å². The van der Waals surface area contributed by atoms with Crippen LogP contribution in [-0.2, 0) is 30.6 Å². The van der Waals surface area contributed by atoms with Crippen molar-refractivity contribution in [3.05, 3.63) is 64.2 Å². The van der Waals surface area contributed by atoms with Gasteiger partial charge in [-0.15, -0.1) is 0 Å². The molecule has 0 bridgehead atoms. The Labute approximate surface area is 254 Å². The predicted molar refractivity (Wildman–Crippen MR) is 157 cm³/mol. The van der Waals surface area contributed by atoms with Gasteiger partial charge < -0.3 is 34.5 Å². The first-order chi connectivity index (χ1) is 20.2. The molecule has 234 valence electrons. The van der Waals surface area contributed by atoms with Crippen molar-refractivity contribution >= 4 is 52.6 Å². The number of alkyl halides is 2. The van der Waals surface area contributed by atoms with E-state index in [9.17, 15) is 28.6 Å². The van der Waals surface area contributed by atoms with Crippen LogP contribution in [0.4, 0.5) is 14.6 Å². The maximum absolute atomic E-state index is 14.7. The molecular weight excluding hydrogens is 633 g/mol. The summed E-state index contributed by atoms with van der Waals surface area (Å²) in [5.41, 5.74) is 1.54. The zero-order chi connectivity index (χ0) is 31.7. The van der Waals surface area contributed by atoms with Crippen LogP contribution >= 0.6 is 18.2 Å². The van der Waals surface area contributed by atoms with E-state index in [1.165, 1.54) is 6.92 Å². The smallest absolute Gasteiger partial charge is 0.351 e. The number of anilines is 1. The Hall–Kier alpha value is -2.75. The fourth-order valence-corrected chi connectivity index (χ4v) is 6.91. The summed E-state index contributed by atoms with van der Waals surface area (Å²) in [6, 6.07) is 11.1. The molecule has 1 fully saturated rings. The molecule has 1 aromatic heterocycles. The van der Waals surface area contributed by atoms with Crippen molar-refractivity contribution in [3.8, 4) is 5.75 Å². The lowest BCUT2D eigenvalue weighted by atomic mass is 9.96. The zero-order valence-corrected chi connectivity index (χ0v) is 25.6. The van der Waals surface area contributed by atoms with Gasteiger partial charge >= 0.3 is 18.3 Å². The van der Waals surface area contributed by atoms with Crippen LogP contribution in [0.5, 0.6) is 5.75 Å². The first-order valence-electron chi connectivity index (χ1n) is 12.9. The minimum absolute atomic E-state index is 0.221. The molecule has 17 heteroatoms. The normalized spacial score (nSPS) is 24.3. The van der Waals surface area contributed by atoms with E-state index in [4.69, 9.17) is 47.7 Å². The van der Waals surface area contributed by atoms with Gasteiger partial charge in [-0.2, -0.15) is 4.98 Å². The number of halogens is 3. The Kier molecular flexibility index (Phi) is 10.1. The lowest BCUT2D eigenvalue weighted by molar-refractivity contribution is -0.192. The van der Waals surface area contributed by atoms with Crippen molar-refractivity contribution < 1.29 is 42.3 Å². The highest BCUT2D eigenvalue weighted by Crippen LogP contribution is 2.50. The molecule has 0 saturated carbocycles. The van der Waals surface area contributed by atoms with Crippen molar-refractivity contribution in [1.82, 2.24) is 14.6 Å². The minimum atomic E-state index is -3.94. The number of rotatable bonds is 11. The molecular formula is C26H30ClF2N4O8PS. The van der Waals surface area contributed by atoms with Crippen LogP contribution in [-0.4, -0.2) is 68.7 Å². The van der Waals surface area contributed by atoms with Gasteiger partial charge in [-0.3, -0.25) is 9.36 Å². The van der Waals surface area contributed by atoms with Gasteiger partial charge in [0.25, 0.3) is 6.43 Å². The maximum atomic E-state index is 14.7. The molecule has 1 saturated heterocycles. The molecule has 3 aromatic rings. The zero-order valence-electron chi connectivity index (χ0n) is 23.1. The van der Waals surface area contributed by atoms with Gasteiger partial charge in [-0.1, -0.05) is 48.0 Å². The van der Waals surface area contributed by atoms with Gasteiger partial charge in [0.05, 0.1) is 17.7 Å². The first-order valence-corrected chi connectivity index (χ1v) is 16.0. The van der Waals surface area contributed by atoms with E-state index in [1.807, 2.05) is 18.2 Å². The van der Waals surface area contributed by atoms with Crippen LogP contribution in [0.2, 0.25) is 5.02 Å². The number of nitrogens with two attached hydrogens (primary N) is 1. The van der Waals surface area contributed by atoms with Gasteiger partial charge in [0.15, 0.2) is 11.8 Å². The summed E-state index contributed by atoms with van der Waals surface area (Å²) in [5.74, 6) is -0.816. The fourth-order valence-electron chi connectivity index (χ4n) is 4.34. The molecule has 5 N–H and O–H groups in total. The van der Waals surface area contributed by atoms with Gasteiger partial charge in [0, 0.05) is 11.6 Å². The van der Waals surface area contributed by atoms with Gasteiger partial charge in [0.2, 0.25) is 0 Å². The molecule has 2 aromatic carbocycles. The third-order valence-electron chi connectivity index (χ3n) is 6.52. The van der Waals surface area contributed by atoms with E-state index in [0.29, 0.717) is 9.95 Å². The largest absolute Gasteiger partial charge is 0.462 e. The van der Waals surface area contributed by atoms with Crippen LogP contribution in [0.25, 0.3) is 10.8 Å². The Morgan fingerprint density at radius 3 is 2.60 bits per heavy atom. The Morgan fingerprint density at radius 1 is 1.26 bits per heavy atom. The highest BCUT2D eigenvalue weighted by atomic mass is 35.5. The SMILES string of the molecule is CC(C)OC(=O)[C@H](C)NP(=S)(OC[C@@]1(C(F)F)O[C@@H](n2cc(Cl)c(N)nc2=O)[C@@H](O)[C@@H]1O)Oc1cccc2ccccc12. The quantitative estimate of drug-likeness (QED) is 0.175. The van der Waals surface area contributed by atoms with Crippen molar-refractivity contribution in [2.75, 3.05) is 12.3 Å². The van der Waals surface area contributed by atoms with Crippen LogP contribution in [0.3, 0.4) is 0 Å². The van der Waals surface area contributed by atoms with E-state index in [2.05, 4.69) is 10.1 Å². The summed E-state index contributed by atoms with van der Waals surface area (Å²) < 4.78 is 52.6. The molecule has 1 aliphatic heterocycles. The molecule has 4 rings (SSSR count). The van der Waals surface area contributed by atoms with E-state index in [-0.39, 0.29) is 16.6 Å². The number of hydrogen-bond donors (Lipinski definition) is 4. The van der Waals surface area contributed by atoms with Crippen LogP contribution in [0.15, 0.2) is 53.5 Å². The van der Waals surface area contributed by atoms with E-state index in [0.717, 1.165) is 11.6 Å². The predicted octanol–water partition coefficient (Wildman–Crippen LogP) is 3.14. The van der Waals surface area contributed by atoms with Crippen molar-refractivity contribution in [2.45, 2.75) is 63.4 Å². The number of aromatic nitrogens is 2. The number of ether oxygens (including phenoxy) is 2. The summed E-state index contributed by atoms with van der Waals surface area (Å²) in [6.07, 6.45) is -9.19. The molecule has 1 unspecified atom stereocenters. The standard InChI is InChI=1S/C26H30ClF2N4O8PS/c1-13(2)39-23(36)14(3)32-42(43,41-18-10-6-8-15-7-4-5-9-16(15)18)38-12-26(24(28)29)20(35)19(34)22(40-26)33-11-17(27)21(30)31-25(33)37/h4-11,13-14,19-20,22,24,34-35H,12H2,1-3H3,(H,32,43)(H2,30,31,37)/t14-,19-,20-,22+,26+,42?/m0/s1. The number of benzene rings is 2. The number of hydrogen-bond acceptors (Lipinski definition) is 11. The number of aliphatic hydroxyl groups is 2. The molecule has 6 atom stereocenters. The van der Waals surface area contributed by atoms with Gasteiger partial charge in [-0.25, -0.2) is 18.7 Å². The molecule has 0 spiro atoms. The second kappa shape index (κ2) is 13.1. The molecule has 43 heavy (non-hydrogen) atoms. The summed E-state index contributed by atoms with van der Waals surface area (Å²) >= 11 is 11.6. The Bertz CT molecular complexity index is 1590. The second-order valence-electron chi connectivity index (χ2n) is 10.0. The average Bonchev–Trinajstić information content (AvgIpc) is 3.20. The number of esters is 1. The third kappa shape index (κ3) is 6.99. The molecule has 1 aliphatic rings. The molecule has 0 radical (unpaired) electrons.